The van der Waals surface area contributed by atoms with Crippen LogP contribution in [0.5, 0.6) is 0 Å². The molecule has 1 saturated heterocycles. The largest absolute Gasteiger partial charge is 1.00 e. The zero-order valence-electron chi connectivity index (χ0n) is 6.69. The topological polar surface area (TPSA) is 64.7 Å². The van der Waals surface area contributed by atoms with Gasteiger partial charge in [-0.1, -0.05) is 0 Å². The van der Waals surface area contributed by atoms with Gasteiger partial charge in [0.1, 0.15) is 0 Å². The monoisotopic (exact) mass is 167 g/mol. The third kappa shape index (κ3) is 3.27. The molecule has 1 rings (SSSR count). The van der Waals surface area contributed by atoms with E-state index in [-0.39, 0.29) is 34.5 Å². The van der Waals surface area contributed by atoms with E-state index < -0.39 is 0 Å². The molecule has 0 spiro atoms. The fourth-order valence-corrected chi connectivity index (χ4v) is 1.10. The van der Waals surface area contributed by atoms with Gasteiger partial charge in [0.25, 0.3) is 0 Å². The summed E-state index contributed by atoms with van der Waals surface area (Å²) in [6, 6.07) is 0. The van der Waals surface area contributed by atoms with E-state index in [0.717, 1.165) is 19.3 Å². The van der Waals surface area contributed by atoms with Gasteiger partial charge in [-0.15, -0.1) is 5.01 Å². The molecule has 0 radical (unpaired) electrons. The van der Waals surface area contributed by atoms with Crippen molar-refractivity contribution in [1.82, 2.24) is 5.01 Å². The summed E-state index contributed by atoms with van der Waals surface area (Å²) < 4.78 is 0. The molecule has 1 aliphatic heterocycles. The van der Waals surface area contributed by atoms with Gasteiger partial charge < -0.3 is 10.4 Å². The average molecular weight is 167 g/mol. The van der Waals surface area contributed by atoms with Crippen molar-refractivity contribution in [2.45, 2.75) is 19.3 Å². The van der Waals surface area contributed by atoms with Crippen molar-refractivity contribution in [3.8, 4) is 0 Å². The van der Waals surface area contributed by atoms with E-state index in [2.05, 4.69) is 5.28 Å². The summed E-state index contributed by atoms with van der Waals surface area (Å²) in [5, 5.41) is 23.9. The first kappa shape index (κ1) is 11.0. The molecule has 0 N–H and O–H groups in total. The summed E-state index contributed by atoms with van der Waals surface area (Å²) in [5.74, 6) is 0. The number of hydrazine groups is 1. The van der Waals surface area contributed by atoms with Crippen LogP contribution < -0.4 is 29.6 Å². The predicted octanol–water partition coefficient (Wildman–Crippen LogP) is -2.15. The van der Waals surface area contributed by atoms with Gasteiger partial charge in [-0.05, 0) is 24.5 Å². The maximum atomic E-state index is 10.5. The number of hydrogen-bond acceptors (Lipinski definition) is 3. The van der Waals surface area contributed by atoms with Gasteiger partial charge in [-0.3, -0.25) is 0 Å². The number of hydrogen-bond donors (Lipinski definition) is 0. The molecule has 0 amide bonds. The van der Waals surface area contributed by atoms with Crippen molar-refractivity contribution in [2.24, 2.45) is 5.28 Å². The maximum Gasteiger partial charge on any atom is 1.00 e. The first-order valence-corrected chi connectivity index (χ1v) is 3.40. The molecule has 0 aliphatic carbocycles. The van der Waals surface area contributed by atoms with Gasteiger partial charge in [0.05, 0.1) is 13.1 Å². The Hall–Kier alpha value is 0.0000000000000000555. The minimum absolute atomic E-state index is 0. The standard InChI is InChI=1S/C5H11N3O2.Na/c9-6-8(10)7-4-2-1-3-5-7;/h9H,1-5H2;/q;+1/p-1/b8-6-;. The van der Waals surface area contributed by atoms with Crippen LogP contribution in [-0.4, -0.2) is 23.1 Å². The van der Waals surface area contributed by atoms with Crippen LogP contribution in [0.1, 0.15) is 19.3 Å². The molecule has 1 fully saturated rings. The van der Waals surface area contributed by atoms with Crippen LogP contribution in [0.4, 0.5) is 0 Å². The van der Waals surface area contributed by atoms with Crippen LogP contribution in [0, 0.1) is 10.4 Å². The van der Waals surface area contributed by atoms with E-state index >= 15 is 0 Å². The van der Waals surface area contributed by atoms with Crippen molar-refractivity contribution in [3.63, 3.8) is 0 Å². The van der Waals surface area contributed by atoms with E-state index in [4.69, 9.17) is 0 Å². The second-order valence-electron chi connectivity index (χ2n) is 2.35. The van der Waals surface area contributed by atoms with Crippen LogP contribution in [0.25, 0.3) is 0 Å². The van der Waals surface area contributed by atoms with Gasteiger partial charge in [-0.2, -0.15) is 0 Å². The number of rotatable bonds is 1. The minimum atomic E-state index is 0. The van der Waals surface area contributed by atoms with Crippen LogP contribution >= 0.6 is 0 Å². The summed E-state index contributed by atoms with van der Waals surface area (Å²) in [6.07, 6.45) is 3.10. The smallest absolute Gasteiger partial charge is 0.737 e. The zero-order valence-corrected chi connectivity index (χ0v) is 8.69. The molecule has 5 nitrogen and oxygen atoms in total. The molecular weight excluding hydrogens is 157 g/mol. The molecule has 0 aromatic heterocycles. The Morgan fingerprint density at radius 2 is 1.73 bits per heavy atom. The van der Waals surface area contributed by atoms with E-state index in [1.807, 2.05) is 0 Å². The zero-order chi connectivity index (χ0) is 7.40. The fraction of sp³-hybridized carbons (Fsp3) is 1.00. The van der Waals surface area contributed by atoms with Crippen molar-refractivity contribution in [3.05, 3.63) is 10.4 Å². The van der Waals surface area contributed by atoms with Crippen LogP contribution in [-0.2, 0) is 0 Å². The summed E-state index contributed by atoms with van der Waals surface area (Å²) in [6.45, 7) is 1.32. The SMILES string of the molecule is [Na+].[O-]/N=[N+](\[O-])N1CCCCC1. The number of piperidine rings is 1. The van der Waals surface area contributed by atoms with Crippen molar-refractivity contribution >= 4 is 0 Å². The van der Waals surface area contributed by atoms with Gasteiger partial charge in [0.15, 0.2) is 0 Å². The van der Waals surface area contributed by atoms with Crippen molar-refractivity contribution < 1.29 is 34.5 Å². The summed E-state index contributed by atoms with van der Waals surface area (Å²) in [7, 11) is 0. The molecule has 6 heteroatoms. The molecule has 58 valence electrons. The first-order valence-electron chi connectivity index (χ1n) is 3.40. The Bertz CT molecular complexity index is 136. The molecule has 1 heterocycles. The van der Waals surface area contributed by atoms with Gasteiger partial charge in [-0.25, -0.2) is 0 Å². The average Bonchev–Trinajstić information content (AvgIpc) is 2.05. The van der Waals surface area contributed by atoms with Crippen LogP contribution in [0.15, 0.2) is 5.28 Å². The van der Waals surface area contributed by atoms with Gasteiger partial charge in [0, 0.05) is 4.97 Å². The Balaban J connectivity index is 0.000001000. The second kappa shape index (κ2) is 5.62. The van der Waals surface area contributed by atoms with E-state index in [0.29, 0.717) is 13.1 Å². The minimum Gasteiger partial charge on any atom is -0.737 e. The third-order valence-electron chi connectivity index (χ3n) is 1.64. The van der Waals surface area contributed by atoms with Crippen molar-refractivity contribution in [1.29, 1.82) is 0 Å². The molecule has 1 aliphatic rings. The molecule has 0 unspecified atom stereocenters. The Labute approximate surface area is 87.5 Å². The maximum absolute atomic E-state index is 10.5. The second-order valence-corrected chi connectivity index (χ2v) is 2.35. The number of nitrogens with zero attached hydrogens (tertiary/aromatic N) is 3. The molecular formula is C5H10N3NaO2. The van der Waals surface area contributed by atoms with E-state index in [1.165, 1.54) is 5.01 Å². The summed E-state index contributed by atoms with van der Waals surface area (Å²) in [5.41, 5.74) is 0. The van der Waals surface area contributed by atoms with E-state index in [1.54, 1.807) is 0 Å². The molecule has 0 aromatic rings. The fourth-order valence-electron chi connectivity index (χ4n) is 1.10. The van der Waals surface area contributed by atoms with Gasteiger partial charge in [0.2, 0.25) is 0 Å². The Kier molecular flexibility index (Phi) is 5.62. The molecule has 0 bridgehead atoms. The Morgan fingerprint density at radius 1 is 1.18 bits per heavy atom. The normalized spacial score (nSPS) is 19.3. The summed E-state index contributed by atoms with van der Waals surface area (Å²) in [4.78, 5) is 0.138. The van der Waals surface area contributed by atoms with Crippen LogP contribution in [0.2, 0.25) is 0 Å². The Morgan fingerprint density at radius 3 is 2.18 bits per heavy atom. The van der Waals surface area contributed by atoms with Gasteiger partial charge >= 0.3 is 29.6 Å². The summed E-state index contributed by atoms with van der Waals surface area (Å²) >= 11 is 0. The molecule has 11 heavy (non-hydrogen) atoms. The van der Waals surface area contributed by atoms with Crippen LogP contribution in [0.3, 0.4) is 0 Å². The first-order chi connectivity index (χ1) is 4.84. The van der Waals surface area contributed by atoms with E-state index in [9.17, 15) is 10.4 Å². The quantitative estimate of drug-likeness (QED) is 0.193. The predicted molar refractivity (Wildman–Crippen MR) is 34.8 cm³/mol. The van der Waals surface area contributed by atoms with Crippen molar-refractivity contribution in [2.75, 3.05) is 13.1 Å². The molecule has 0 saturated carbocycles. The molecule has 0 aromatic carbocycles. The molecule has 0 atom stereocenters. The third-order valence-corrected chi connectivity index (χ3v) is 1.64.